The van der Waals surface area contributed by atoms with Crippen molar-refractivity contribution in [2.45, 2.75) is 58.4 Å². The lowest BCUT2D eigenvalue weighted by Gasteiger charge is -2.25. The van der Waals surface area contributed by atoms with Crippen molar-refractivity contribution in [3.63, 3.8) is 0 Å². The molecule has 0 saturated carbocycles. The Hall–Kier alpha value is -2.88. The average Bonchev–Trinajstić information content (AvgIpc) is 3.01. The van der Waals surface area contributed by atoms with Gasteiger partial charge in [-0.05, 0) is 23.5 Å². The van der Waals surface area contributed by atoms with E-state index >= 15 is 0 Å². The third-order valence-electron chi connectivity index (χ3n) is 5.76. The van der Waals surface area contributed by atoms with Crippen LogP contribution in [0.5, 0.6) is 0 Å². The first kappa shape index (κ1) is 21.8. The molecule has 2 aromatic rings. The predicted octanol–water partition coefficient (Wildman–Crippen LogP) is 5.81. The van der Waals surface area contributed by atoms with Crippen LogP contribution >= 0.6 is 0 Å². The van der Waals surface area contributed by atoms with Gasteiger partial charge in [0, 0.05) is 12.1 Å². The molecular weight excluding hydrogens is 374 g/mol. The van der Waals surface area contributed by atoms with Crippen molar-refractivity contribution >= 4 is 17.4 Å². The Labute approximate surface area is 179 Å². The lowest BCUT2D eigenvalue weighted by atomic mass is 9.93. The maximum atomic E-state index is 13.0. The molecule has 1 aliphatic rings. The highest BCUT2D eigenvalue weighted by Gasteiger charge is 2.45. The lowest BCUT2D eigenvalue weighted by Crippen LogP contribution is -2.30. The minimum Gasteiger partial charge on any atom is -0.507 e. The molecule has 30 heavy (non-hydrogen) atoms. The van der Waals surface area contributed by atoms with Crippen molar-refractivity contribution in [2.75, 3.05) is 6.54 Å². The zero-order valence-corrected chi connectivity index (χ0v) is 18.1. The topological polar surface area (TPSA) is 57.6 Å². The van der Waals surface area contributed by atoms with Crippen LogP contribution in [0.4, 0.5) is 0 Å². The van der Waals surface area contributed by atoms with Crippen molar-refractivity contribution in [3.8, 4) is 0 Å². The average molecular weight is 406 g/mol. The van der Waals surface area contributed by atoms with Crippen LogP contribution < -0.4 is 0 Å². The number of benzene rings is 2. The summed E-state index contributed by atoms with van der Waals surface area (Å²) in [5.74, 6) is -0.849. The summed E-state index contributed by atoms with van der Waals surface area (Å²) in [6.45, 7) is 6.91. The van der Waals surface area contributed by atoms with E-state index < -0.39 is 17.7 Å². The van der Waals surface area contributed by atoms with Crippen LogP contribution in [0.25, 0.3) is 5.76 Å². The number of unbranched alkanes of at least 4 members (excludes halogenated alkanes) is 3. The fraction of sp³-hybridized carbons (Fsp3) is 0.385. The summed E-state index contributed by atoms with van der Waals surface area (Å²) in [6.07, 6.45) is 4.05. The molecule has 0 spiro atoms. The molecule has 0 aromatic heterocycles. The number of hydrogen-bond acceptors (Lipinski definition) is 3. The van der Waals surface area contributed by atoms with Gasteiger partial charge in [-0.3, -0.25) is 9.59 Å². The van der Waals surface area contributed by atoms with Crippen LogP contribution in [-0.2, 0) is 9.59 Å². The smallest absolute Gasteiger partial charge is 0.295 e. The minimum absolute atomic E-state index is 0.108. The molecule has 4 nitrogen and oxygen atoms in total. The first-order valence-corrected chi connectivity index (χ1v) is 10.9. The van der Waals surface area contributed by atoms with Gasteiger partial charge in [0.15, 0.2) is 0 Å². The molecule has 3 rings (SSSR count). The van der Waals surface area contributed by atoms with E-state index in [1.807, 2.05) is 42.5 Å². The van der Waals surface area contributed by atoms with Crippen molar-refractivity contribution in [2.24, 2.45) is 0 Å². The van der Waals surface area contributed by atoms with Gasteiger partial charge in [0.1, 0.15) is 5.76 Å². The van der Waals surface area contributed by atoms with Crippen LogP contribution in [0.1, 0.15) is 75.1 Å². The van der Waals surface area contributed by atoms with Crippen LogP contribution in [0.2, 0.25) is 0 Å². The van der Waals surface area contributed by atoms with Gasteiger partial charge in [-0.2, -0.15) is 0 Å². The molecule has 1 saturated heterocycles. The molecule has 1 amide bonds. The van der Waals surface area contributed by atoms with Gasteiger partial charge in [0.2, 0.25) is 0 Å². The highest BCUT2D eigenvalue weighted by molar-refractivity contribution is 6.46. The SMILES string of the molecule is CCCCCCN1C(=O)C(=O)C(=C(O)c2ccccc2)[C@H]1c1ccc(C(C)C)cc1. The second kappa shape index (κ2) is 9.75. The second-order valence-corrected chi connectivity index (χ2v) is 8.24. The summed E-state index contributed by atoms with van der Waals surface area (Å²) in [6, 6.07) is 16.4. The summed E-state index contributed by atoms with van der Waals surface area (Å²) in [5, 5.41) is 11.0. The number of carbonyl (C=O) groups is 2. The Morgan fingerprint density at radius 1 is 0.967 bits per heavy atom. The number of carbonyl (C=O) groups excluding carboxylic acids is 2. The summed E-state index contributed by atoms with van der Waals surface area (Å²) in [4.78, 5) is 27.5. The molecular formula is C26H31NO3. The standard InChI is InChI=1S/C26H31NO3/c1-4-5-6-10-17-27-23(20-15-13-19(14-16-20)18(2)3)22(25(29)26(27)30)24(28)21-11-8-7-9-12-21/h7-9,11-16,18,23,28H,4-6,10,17H2,1-3H3/t23-/m1/s1. The van der Waals surface area contributed by atoms with E-state index in [-0.39, 0.29) is 11.3 Å². The Bertz CT molecular complexity index is 913. The van der Waals surface area contributed by atoms with Gasteiger partial charge in [0.05, 0.1) is 11.6 Å². The molecule has 4 heteroatoms. The van der Waals surface area contributed by atoms with Gasteiger partial charge in [-0.25, -0.2) is 0 Å². The van der Waals surface area contributed by atoms with E-state index in [9.17, 15) is 14.7 Å². The Balaban J connectivity index is 2.05. The Morgan fingerprint density at radius 2 is 1.63 bits per heavy atom. The first-order valence-electron chi connectivity index (χ1n) is 10.9. The van der Waals surface area contributed by atoms with Crippen LogP contribution in [0.15, 0.2) is 60.2 Å². The molecule has 1 heterocycles. The zero-order valence-electron chi connectivity index (χ0n) is 18.1. The first-order chi connectivity index (χ1) is 14.5. The predicted molar refractivity (Wildman–Crippen MR) is 120 cm³/mol. The number of aliphatic hydroxyl groups is 1. The Morgan fingerprint density at radius 3 is 2.23 bits per heavy atom. The van der Waals surface area contributed by atoms with E-state index in [1.54, 1.807) is 17.0 Å². The molecule has 1 aliphatic heterocycles. The number of nitrogens with zero attached hydrogens (tertiary/aromatic N) is 1. The molecule has 1 atom stereocenters. The van der Waals surface area contributed by atoms with Gasteiger partial charge in [0.25, 0.3) is 11.7 Å². The summed E-state index contributed by atoms with van der Waals surface area (Å²) in [7, 11) is 0. The highest BCUT2D eigenvalue weighted by atomic mass is 16.3. The monoisotopic (exact) mass is 405 g/mol. The molecule has 2 aromatic carbocycles. The van der Waals surface area contributed by atoms with Crippen molar-refractivity contribution in [3.05, 3.63) is 76.9 Å². The number of hydrogen-bond donors (Lipinski definition) is 1. The van der Waals surface area contributed by atoms with Crippen LogP contribution in [0.3, 0.4) is 0 Å². The van der Waals surface area contributed by atoms with E-state index in [0.717, 1.165) is 31.2 Å². The number of ketones is 1. The molecule has 1 N–H and O–H groups in total. The van der Waals surface area contributed by atoms with E-state index in [0.29, 0.717) is 18.0 Å². The van der Waals surface area contributed by atoms with Crippen molar-refractivity contribution in [1.82, 2.24) is 4.90 Å². The van der Waals surface area contributed by atoms with Crippen molar-refractivity contribution < 1.29 is 14.7 Å². The molecule has 0 radical (unpaired) electrons. The zero-order chi connectivity index (χ0) is 21.7. The van der Waals surface area contributed by atoms with Gasteiger partial charge in [-0.15, -0.1) is 0 Å². The van der Waals surface area contributed by atoms with Crippen LogP contribution in [-0.4, -0.2) is 28.2 Å². The summed E-state index contributed by atoms with van der Waals surface area (Å²) >= 11 is 0. The van der Waals surface area contributed by atoms with E-state index in [4.69, 9.17) is 0 Å². The quantitative estimate of drug-likeness (QED) is 0.261. The fourth-order valence-electron chi connectivity index (χ4n) is 3.98. The number of amides is 1. The third-order valence-corrected chi connectivity index (χ3v) is 5.76. The van der Waals surface area contributed by atoms with Crippen molar-refractivity contribution in [1.29, 1.82) is 0 Å². The molecule has 0 aliphatic carbocycles. The van der Waals surface area contributed by atoms with Gasteiger partial charge in [-0.1, -0.05) is 94.6 Å². The lowest BCUT2D eigenvalue weighted by molar-refractivity contribution is -0.139. The molecule has 0 unspecified atom stereocenters. The largest absolute Gasteiger partial charge is 0.507 e. The maximum Gasteiger partial charge on any atom is 0.295 e. The van der Waals surface area contributed by atoms with Gasteiger partial charge < -0.3 is 10.0 Å². The van der Waals surface area contributed by atoms with E-state index in [1.165, 1.54) is 5.56 Å². The number of rotatable bonds is 8. The second-order valence-electron chi connectivity index (χ2n) is 8.24. The summed E-state index contributed by atoms with van der Waals surface area (Å²) in [5.41, 5.74) is 2.78. The van der Waals surface area contributed by atoms with Crippen LogP contribution in [0, 0.1) is 0 Å². The molecule has 1 fully saturated rings. The van der Waals surface area contributed by atoms with E-state index in [2.05, 4.69) is 20.8 Å². The Kier molecular flexibility index (Phi) is 7.09. The minimum atomic E-state index is -0.607. The summed E-state index contributed by atoms with van der Waals surface area (Å²) < 4.78 is 0. The van der Waals surface area contributed by atoms with Gasteiger partial charge >= 0.3 is 0 Å². The highest BCUT2D eigenvalue weighted by Crippen LogP contribution is 2.39. The fourth-order valence-corrected chi connectivity index (χ4v) is 3.98. The third kappa shape index (κ3) is 4.48. The number of Topliss-reactive ketones (excluding diaryl/α,β-unsaturated/α-hetero) is 1. The maximum absolute atomic E-state index is 13.0. The molecule has 0 bridgehead atoms. The number of likely N-dealkylation sites (tertiary alicyclic amines) is 1. The normalized spacial score (nSPS) is 18.4. The number of aliphatic hydroxyl groups excluding tert-OH is 1. The molecule has 158 valence electrons.